The fourth-order valence-electron chi connectivity index (χ4n) is 4.08. The van der Waals surface area contributed by atoms with E-state index in [1.807, 2.05) is 26.0 Å². The molecular weight excluding hydrogens is 360 g/mol. The Hall–Kier alpha value is -2.33. The third-order valence-electron chi connectivity index (χ3n) is 5.60. The van der Waals surface area contributed by atoms with Crippen LogP contribution in [-0.4, -0.2) is 37.0 Å². The van der Waals surface area contributed by atoms with Crippen molar-refractivity contribution in [3.05, 3.63) is 64.7 Å². The van der Waals surface area contributed by atoms with Gasteiger partial charge in [-0.1, -0.05) is 48.7 Å². The second-order valence-electron chi connectivity index (χ2n) is 8.29. The van der Waals surface area contributed by atoms with Crippen LogP contribution in [0, 0.1) is 20.8 Å². The van der Waals surface area contributed by atoms with E-state index in [4.69, 9.17) is 4.74 Å². The molecule has 0 unspecified atom stereocenters. The summed E-state index contributed by atoms with van der Waals surface area (Å²) < 4.78 is 5.72. The molecule has 0 radical (unpaired) electrons. The number of likely N-dealkylation sites (tertiary alicyclic amines) is 1. The SMILES string of the molecule is Cc1ccc([C@H](CNC(=O)COc2cc(C)cc(C)c2)N2CCCCCC2)cc1. The van der Waals surface area contributed by atoms with Gasteiger partial charge in [-0.25, -0.2) is 0 Å². The molecule has 2 aromatic rings. The van der Waals surface area contributed by atoms with E-state index in [-0.39, 0.29) is 18.6 Å². The zero-order chi connectivity index (χ0) is 20.6. The summed E-state index contributed by atoms with van der Waals surface area (Å²) in [5.74, 6) is 0.677. The number of carbonyl (C=O) groups excluding carboxylic acids is 1. The van der Waals surface area contributed by atoms with Crippen molar-refractivity contribution in [2.24, 2.45) is 0 Å². The number of ether oxygens (including phenoxy) is 1. The van der Waals surface area contributed by atoms with Gasteiger partial charge < -0.3 is 10.1 Å². The Bertz CT molecular complexity index is 773. The topological polar surface area (TPSA) is 41.6 Å². The number of benzene rings is 2. The summed E-state index contributed by atoms with van der Waals surface area (Å²) in [6.07, 6.45) is 5.05. The lowest BCUT2D eigenvalue weighted by atomic mass is 10.0. The van der Waals surface area contributed by atoms with Gasteiger partial charge in [0.25, 0.3) is 5.91 Å². The molecule has 1 heterocycles. The van der Waals surface area contributed by atoms with Crippen LogP contribution in [0.2, 0.25) is 0 Å². The van der Waals surface area contributed by atoms with Crippen LogP contribution in [0.4, 0.5) is 0 Å². The number of nitrogens with zero attached hydrogens (tertiary/aromatic N) is 1. The Morgan fingerprint density at radius 1 is 0.931 bits per heavy atom. The molecule has 0 saturated carbocycles. The van der Waals surface area contributed by atoms with Gasteiger partial charge in [-0.3, -0.25) is 9.69 Å². The first-order chi connectivity index (χ1) is 14.0. The molecule has 1 aliphatic heterocycles. The summed E-state index contributed by atoms with van der Waals surface area (Å²) in [5.41, 5.74) is 4.81. The van der Waals surface area contributed by atoms with E-state index >= 15 is 0 Å². The zero-order valence-corrected chi connectivity index (χ0v) is 18.0. The molecule has 1 aliphatic rings. The van der Waals surface area contributed by atoms with E-state index in [1.54, 1.807) is 0 Å². The summed E-state index contributed by atoms with van der Waals surface area (Å²) in [6, 6.07) is 14.9. The molecule has 1 N–H and O–H groups in total. The highest BCUT2D eigenvalue weighted by molar-refractivity contribution is 5.77. The van der Waals surface area contributed by atoms with Gasteiger partial charge in [0.15, 0.2) is 6.61 Å². The van der Waals surface area contributed by atoms with E-state index in [0.29, 0.717) is 6.54 Å². The molecule has 0 aromatic heterocycles. The minimum absolute atomic E-state index is 0.0451. The Labute approximate surface area is 175 Å². The van der Waals surface area contributed by atoms with Crippen LogP contribution in [-0.2, 0) is 4.79 Å². The standard InChI is InChI=1S/C25H34N2O2/c1-19-8-10-22(11-9-19)24(27-12-6-4-5-7-13-27)17-26-25(28)18-29-23-15-20(2)14-21(3)16-23/h8-11,14-16,24H,4-7,12-13,17-18H2,1-3H3,(H,26,28)/t24-/m0/s1. The lowest BCUT2D eigenvalue weighted by molar-refractivity contribution is -0.123. The van der Waals surface area contributed by atoms with Gasteiger partial charge in [0.05, 0.1) is 6.04 Å². The van der Waals surface area contributed by atoms with E-state index < -0.39 is 0 Å². The zero-order valence-electron chi connectivity index (χ0n) is 18.0. The summed E-state index contributed by atoms with van der Waals surface area (Å²) in [7, 11) is 0. The quantitative estimate of drug-likeness (QED) is 0.738. The van der Waals surface area contributed by atoms with Crippen molar-refractivity contribution in [3.8, 4) is 5.75 Å². The summed E-state index contributed by atoms with van der Waals surface area (Å²) in [6.45, 7) is 9.01. The predicted octanol–water partition coefficient (Wildman–Crippen LogP) is 4.72. The first-order valence-corrected chi connectivity index (χ1v) is 10.8. The Morgan fingerprint density at radius 2 is 1.55 bits per heavy atom. The van der Waals surface area contributed by atoms with Crippen molar-refractivity contribution in [2.75, 3.05) is 26.2 Å². The molecule has 29 heavy (non-hydrogen) atoms. The van der Waals surface area contributed by atoms with Gasteiger partial charge in [-0.05, 0) is 75.5 Å². The van der Waals surface area contributed by atoms with E-state index in [1.165, 1.54) is 36.8 Å². The third kappa shape index (κ3) is 6.60. The lowest BCUT2D eigenvalue weighted by Gasteiger charge is -2.31. The highest BCUT2D eigenvalue weighted by atomic mass is 16.5. The van der Waals surface area contributed by atoms with Gasteiger partial charge in [0.2, 0.25) is 0 Å². The maximum atomic E-state index is 12.5. The van der Waals surface area contributed by atoms with Gasteiger partial charge in [0.1, 0.15) is 5.75 Å². The molecule has 1 fully saturated rings. The van der Waals surface area contributed by atoms with Crippen LogP contribution in [0.5, 0.6) is 5.75 Å². The normalized spacial score (nSPS) is 16.1. The number of nitrogens with one attached hydrogen (secondary N) is 1. The van der Waals surface area contributed by atoms with Crippen LogP contribution in [0.1, 0.15) is 54.0 Å². The molecule has 4 heteroatoms. The van der Waals surface area contributed by atoms with E-state index in [0.717, 1.165) is 30.0 Å². The molecule has 1 atom stereocenters. The van der Waals surface area contributed by atoms with Gasteiger partial charge in [-0.2, -0.15) is 0 Å². The first kappa shape index (κ1) is 21.4. The number of carbonyl (C=O) groups is 1. The van der Waals surface area contributed by atoms with Gasteiger partial charge in [-0.15, -0.1) is 0 Å². The Morgan fingerprint density at radius 3 is 2.17 bits per heavy atom. The number of aryl methyl sites for hydroxylation is 3. The predicted molar refractivity (Wildman–Crippen MR) is 118 cm³/mol. The lowest BCUT2D eigenvalue weighted by Crippen LogP contribution is -2.40. The van der Waals surface area contributed by atoms with Crippen LogP contribution in [0.25, 0.3) is 0 Å². The Kier molecular flexibility index (Phi) is 7.70. The molecule has 0 spiro atoms. The Balaban J connectivity index is 1.60. The molecule has 1 saturated heterocycles. The number of hydrogen-bond donors (Lipinski definition) is 1. The fraction of sp³-hybridized carbons (Fsp3) is 0.480. The molecule has 0 bridgehead atoms. The number of rotatable bonds is 7. The second-order valence-corrected chi connectivity index (χ2v) is 8.29. The minimum atomic E-state index is -0.0731. The smallest absolute Gasteiger partial charge is 0.258 e. The maximum absolute atomic E-state index is 12.5. The van der Waals surface area contributed by atoms with E-state index in [9.17, 15) is 4.79 Å². The summed E-state index contributed by atoms with van der Waals surface area (Å²) in [5, 5.41) is 3.11. The highest BCUT2D eigenvalue weighted by Crippen LogP contribution is 2.24. The number of hydrogen-bond acceptors (Lipinski definition) is 3. The van der Waals surface area contributed by atoms with Crippen molar-refractivity contribution >= 4 is 5.91 Å². The molecular formula is C25H34N2O2. The molecule has 0 aliphatic carbocycles. The maximum Gasteiger partial charge on any atom is 0.258 e. The summed E-state index contributed by atoms with van der Waals surface area (Å²) >= 11 is 0. The van der Waals surface area contributed by atoms with Crippen LogP contribution >= 0.6 is 0 Å². The van der Waals surface area contributed by atoms with Crippen LogP contribution in [0.3, 0.4) is 0 Å². The van der Waals surface area contributed by atoms with Crippen molar-refractivity contribution in [2.45, 2.75) is 52.5 Å². The fourth-order valence-corrected chi connectivity index (χ4v) is 4.08. The monoisotopic (exact) mass is 394 g/mol. The molecule has 3 rings (SSSR count). The van der Waals surface area contributed by atoms with Crippen molar-refractivity contribution < 1.29 is 9.53 Å². The summed E-state index contributed by atoms with van der Waals surface area (Å²) in [4.78, 5) is 15.0. The van der Waals surface area contributed by atoms with Gasteiger partial charge in [0, 0.05) is 6.54 Å². The minimum Gasteiger partial charge on any atom is -0.484 e. The van der Waals surface area contributed by atoms with Crippen LogP contribution < -0.4 is 10.1 Å². The highest BCUT2D eigenvalue weighted by Gasteiger charge is 2.22. The molecule has 1 amide bonds. The average Bonchev–Trinajstić information content (AvgIpc) is 2.97. The average molecular weight is 395 g/mol. The molecule has 156 valence electrons. The third-order valence-corrected chi connectivity index (χ3v) is 5.60. The first-order valence-electron chi connectivity index (χ1n) is 10.8. The largest absolute Gasteiger partial charge is 0.484 e. The number of amides is 1. The van der Waals surface area contributed by atoms with Crippen molar-refractivity contribution in [3.63, 3.8) is 0 Å². The second kappa shape index (κ2) is 10.4. The van der Waals surface area contributed by atoms with E-state index in [2.05, 4.69) is 47.5 Å². The van der Waals surface area contributed by atoms with Crippen molar-refractivity contribution in [1.82, 2.24) is 10.2 Å². The van der Waals surface area contributed by atoms with Crippen LogP contribution in [0.15, 0.2) is 42.5 Å². The van der Waals surface area contributed by atoms with Gasteiger partial charge >= 0.3 is 0 Å². The molecule has 2 aromatic carbocycles. The van der Waals surface area contributed by atoms with Crippen molar-refractivity contribution in [1.29, 1.82) is 0 Å². The molecule has 4 nitrogen and oxygen atoms in total.